The van der Waals surface area contributed by atoms with E-state index in [1.807, 2.05) is 0 Å². The molecule has 0 amide bonds. The molecule has 8 heteroatoms. The predicted octanol–water partition coefficient (Wildman–Crippen LogP) is 4.51. The maximum atomic E-state index is 12.5. The monoisotopic (exact) mass is 328 g/mol. The van der Waals surface area contributed by atoms with Crippen molar-refractivity contribution in [2.24, 2.45) is 0 Å². The van der Waals surface area contributed by atoms with E-state index in [4.69, 9.17) is 11.6 Å². The highest BCUT2D eigenvalue weighted by atomic mass is 35.5. The Morgan fingerprint density at radius 3 is 1.89 bits per heavy atom. The zero-order valence-corrected chi connectivity index (χ0v) is 12.0. The van der Waals surface area contributed by atoms with Crippen LogP contribution in [0.1, 0.15) is 38.5 Å². The standard InChI is InChI=1S/C11H18ClF5OS/c12-7-3-1-2-4-8-19(18)9-5-6-10(13,14)11(15,16)17/h1-9H2. The number of hydrogen-bond donors (Lipinski definition) is 0. The van der Waals surface area contributed by atoms with Crippen molar-refractivity contribution in [2.45, 2.75) is 50.6 Å². The summed E-state index contributed by atoms with van der Waals surface area (Å²) in [6, 6.07) is 0. The van der Waals surface area contributed by atoms with Gasteiger partial charge in [0.15, 0.2) is 0 Å². The molecule has 1 nitrogen and oxygen atoms in total. The third-order valence-electron chi connectivity index (χ3n) is 2.53. The second kappa shape index (κ2) is 9.23. The number of hydrogen-bond acceptors (Lipinski definition) is 1. The molecule has 0 aliphatic heterocycles. The van der Waals surface area contributed by atoms with E-state index in [1.54, 1.807) is 0 Å². The first-order chi connectivity index (χ1) is 8.70. The van der Waals surface area contributed by atoms with Gasteiger partial charge < -0.3 is 4.55 Å². The lowest BCUT2D eigenvalue weighted by Crippen LogP contribution is -2.36. The Balaban J connectivity index is 3.66. The van der Waals surface area contributed by atoms with Crippen molar-refractivity contribution >= 4 is 22.8 Å². The molecule has 0 saturated heterocycles. The fourth-order valence-electron chi connectivity index (χ4n) is 1.41. The van der Waals surface area contributed by atoms with Gasteiger partial charge >= 0.3 is 12.1 Å². The molecule has 0 aliphatic rings. The summed E-state index contributed by atoms with van der Waals surface area (Å²) in [4.78, 5) is 0. The summed E-state index contributed by atoms with van der Waals surface area (Å²) in [5.74, 6) is -3.88. The van der Waals surface area contributed by atoms with E-state index in [0.29, 0.717) is 18.1 Å². The molecule has 0 N–H and O–H groups in total. The van der Waals surface area contributed by atoms with Crippen LogP contribution in [-0.2, 0) is 11.2 Å². The Labute approximate surface area is 118 Å². The molecule has 0 aromatic heterocycles. The van der Waals surface area contributed by atoms with Gasteiger partial charge in [-0.1, -0.05) is 17.6 Å². The molecule has 0 saturated carbocycles. The van der Waals surface area contributed by atoms with Gasteiger partial charge in [-0.05, 0) is 25.7 Å². The first-order valence-electron chi connectivity index (χ1n) is 6.06. The van der Waals surface area contributed by atoms with Crippen LogP contribution in [0.3, 0.4) is 0 Å². The SMILES string of the molecule is [O-][S+](CCCCCCCl)CCCC(F)(F)C(F)(F)F. The average molecular weight is 329 g/mol. The Bertz CT molecular complexity index is 238. The Hall–Kier alpha value is 0.250. The summed E-state index contributed by atoms with van der Waals surface area (Å²) in [6.45, 7) is 0. The number of halogens is 6. The van der Waals surface area contributed by atoms with Crippen LogP contribution in [0.5, 0.6) is 0 Å². The first-order valence-corrected chi connectivity index (χ1v) is 8.08. The Morgan fingerprint density at radius 2 is 1.37 bits per heavy atom. The lowest BCUT2D eigenvalue weighted by molar-refractivity contribution is -0.284. The second-order valence-electron chi connectivity index (χ2n) is 4.26. The van der Waals surface area contributed by atoms with E-state index < -0.39 is 29.7 Å². The first kappa shape index (κ1) is 19.2. The molecule has 0 aliphatic carbocycles. The van der Waals surface area contributed by atoms with Gasteiger partial charge in [0.25, 0.3) is 0 Å². The van der Waals surface area contributed by atoms with Gasteiger partial charge in [0.2, 0.25) is 0 Å². The molecule has 0 radical (unpaired) electrons. The van der Waals surface area contributed by atoms with Gasteiger partial charge in [0.1, 0.15) is 11.5 Å². The van der Waals surface area contributed by atoms with Crippen molar-refractivity contribution in [3.8, 4) is 0 Å². The summed E-state index contributed by atoms with van der Waals surface area (Å²) in [6.07, 6.45) is -3.90. The molecule has 0 rings (SSSR count). The van der Waals surface area contributed by atoms with Crippen LogP contribution in [0.15, 0.2) is 0 Å². The third-order valence-corrected chi connectivity index (χ3v) is 4.29. The molecule has 0 heterocycles. The fourth-order valence-corrected chi connectivity index (χ4v) is 2.80. The zero-order valence-electron chi connectivity index (χ0n) is 10.4. The lowest BCUT2D eigenvalue weighted by atomic mass is 10.2. The molecule has 1 unspecified atom stereocenters. The minimum absolute atomic E-state index is 0.110. The van der Waals surface area contributed by atoms with Crippen molar-refractivity contribution in [2.75, 3.05) is 17.4 Å². The highest BCUT2D eigenvalue weighted by Crippen LogP contribution is 2.38. The largest absolute Gasteiger partial charge is 0.616 e. The summed E-state index contributed by atoms with van der Waals surface area (Å²) in [7, 11) is 0. The van der Waals surface area contributed by atoms with Crippen molar-refractivity contribution in [1.29, 1.82) is 0 Å². The van der Waals surface area contributed by atoms with Crippen molar-refractivity contribution < 1.29 is 26.5 Å². The smallest absolute Gasteiger partial charge is 0.453 e. The number of unbranched alkanes of at least 4 members (excludes halogenated alkanes) is 3. The zero-order chi connectivity index (χ0) is 14.9. The Kier molecular flexibility index (Phi) is 9.36. The highest BCUT2D eigenvalue weighted by molar-refractivity contribution is 7.91. The van der Waals surface area contributed by atoms with Crippen LogP contribution in [0.4, 0.5) is 22.0 Å². The van der Waals surface area contributed by atoms with E-state index >= 15 is 0 Å². The lowest BCUT2D eigenvalue weighted by Gasteiger charge is -2.19. The van der Waals surface area contributed by atoms with Crippen LogP contribution in [0.2, 0.25) is 0 Å². The normalized spacial score (nSPS) is 14.7. The van der Waals surface area contributed by atoms with Crippen molar-refractivity contribution in [3.05, 3.63) is 0 Å². The summed E-state index contributed by atoms with van der Waals surface area (Å²) in [5, 5.41) is 0. The highest BCUT2D eigenvalue weighted by Gasteiger charge is 2.56. The number of alkyl halides is 6. The fraction of sp³-hybridized carbons (Fsp3) is 1.00. The van der Waals surface area contributed by atoms with E-state index in [1.165, 1.54) is 0 Å². The van der Waals surface area contributed by atoms with Crippen LogP contribution in [0, 0.1) is 0 Å². The van der Waals surface area contributed by atoms with Crippen molar-refractivity contribution in [3.63, 3.8) is 0 Å². The van der Waals surface area contributed by atoms with Gasteiger partial charge in [-0.3, -0.25) is 0 Å². The number of rotatable bonds is 10. The van der Waals surface area contributed by atoms with Crippen molar-refractivity contribution in [1.82, 2.24) is 0 Å². The van der Waals surface area contributed by atoms with Crippen LogP contribution >= 0.6 is 11.6 Å². The topological polar surface area (TPSA) is 23.1 Å². The molecule has 0 bridgehead atoms. The quantitative estimate of drug-likeness (QED) is 0.250. The van der Waals surface area contributed by atoms with Crippen LogP contribution in [0.25, 0.3) is 0 Å². The molecule has 19 heavy (non-hydrogen) atoms. The van der Waals surface area contributed by atoms with Crippen LogP contribution in [-0.4, -0.2) is 34.0 Å². The maximum absolute atomic E-state index is 12.5. The Morgan fingerprint density at radius 1 is 0.842 bits per heavy atom. The molecule has 0 spiro atoms. The summed E-state index contributed by atoms with van der Waals surface area (Å²) < 4.78 is 72.0. The molecule has 0 aromatic rings. The third kappa shape index (κ3) is 8.92. The molecule has 116 valence electrons. The molecule has 0 aromatic carbocycles. The molecule has 0 fully saturated rings. The minimum atomic E-state index is -5.52. The van der Waals surface area contributed by atoms with E-state index in [9.17, 15) is 26.5 Å². The van der Waals surface area contributed by atoms with Crippen LogP contribution < -0.4 is 0 Å². The molecular formula is C11H18ClF5OS. The second-order valence-corrected chi connectivity index (χ2v) is 6.33. The van der Waals surface area contributed by atoms with E-state index in [2.05, 4.69) is 0 Å². The van der Waals surface area contributed by atoms with Gasteiger partial charge in [0.05, 0.1) is 0 Å². The average Bonchev–Trinajstić information content (AvgIpc) is 2.27. The summed E-state index contributed by atoms with van der Waals surface area (Å²) >= 11 is 4.15. The van der Waals surface area contributed by atoms with Gasteiger partial charge in [-0.15, -0.1) is 11.6 Å². The summed E-state index contributed by atoms with van der Waals surface area (Å²) in [5.41, 5.74) is 0. The predicted molar refractivity (Wildman–Crippen MR) is 67.3 cm³/mol. The van der Waals surface area contributed by atoms with Gasteiger partial charge in [-0.2, -0.15) is 22.0 Å². The minimum Gasteiger partial charge on any atom is -0.616 e. The van der Waals surface area contributed by atoms with Gasteiger partial charge in [-0.25, -0.2) is 0 Å². The van der Waals surface area contributed by atoms with E-state index in [-0.39, 0.29) is 12.2 Å². The maximum Gasteiger partial charge on any atom is 0.453 e. The molecular weight excluding hydrogens is 311 g/mol. The van der Waals surface area contributed by atoms with E-state index in [0.717, 1.165) is 19.3 Å². The molecule has 1 atom stereocenters. The van der Waals surface area contributed by atoms with Gasteiger partial charge in [0, 0.05) is 12.3 Å².